The highest BCUT2D eigenvalue weighted by atomic mass is 16.1. The summed E-state index contributed by atoms with van der Waals surface area (Å²) in [5, 5.41) is 9.95. The number of hydrogen-bond donors (Lipinski definition) is 3. The van der Waals surface area contributed by atoms with Gasteiger partial charge in [0.1, 0.15) is 12.4 Å². The number of aliphatic imine (C=N–C) groups is 1. The van der Waals surface area contributed by atoms with Crippen molar-refractivity contribution in [1.29, 1.82) is 0 Å². The van der Waals surface area contributed by atoms with Crippen molar-refractivity contribution in [3.63, 3.8) is 0 Å². The molecule has 168 valence electrons. The summed E-state index contributed by atoms with van der Waals surface area (Å²) in [6, 6.07) is 10.8. The van der Waals surface area contributed by atoms with Crippen molar-refractivity contribution in [3.05, 3.63) is 54.1 Å². The molecule has 1 saturated carbocycles. The largest absolute Gasteiger partial charge is 0.357 e. The van der Waals surface area contributed by atoms with Gasteiger partial charge < -0.3 is 20.5 Å². The second-order valence-corrected chi connectivity index (χ2v) is 8.52. The lowest BCUT2D eigenvalue weighted by atomic mass is 9.85. The van der Waals surface area contributed by atoms with E-state index in [9.17, 15) is 4.79 Å². The Morgan fingerprint density at radius 2 is 2.06 bits per heavy atom. The van der Waals surface area contributed by atoms with Gasteiger partial charge in [0.05, 0.1) is 0 Å². The topological polar surface area (TPSA) is 83.3 Å². The number of aromatic nitrogens is 2. The van der Waals surface area contributed by atoms with Crippen LogP contribution in [0, 0.1) is 5.92 Å². The third-order valence-electron chi connectivity index (χ3n) is 5.54. The smallest absolute Gasteiger partial charge is 0.223 e. The fraction of sp³-hybridized carbons (Fsp3) is 0.542. The van der Waals surface area contributed by atoms with Gasteiger partial charge in [-0.05, 0) is 45.6 Å². The normalized spacial score (nSPS) is 19.3. The van der Waals surface area contributed by atoms with Crippen LogP contribution in [0.4, 0.5) is 0 Å². The first-order valence-corrected chi connectivity index (χ1v) is 11.4. The van der Waals surface area contributed by atoms with Crippen molar-refractivity contribution in [2.24, 2.45) is 10.9 Å². The maximum absolute atomic E-state index is 12.4. The minimum atomic E-state index is 0.0706. The van der Waals surface area contributed by atoms with E-state index >= 15 is 0 Å². The molecular weight excluding hydrogens is 388 g/mol. The Bertz CT molecular complexity index is 845. The van der Waals surface area contributed by atoms with Crippen LogP contribution in [0.1, 0.15) is 57.8 Å². The van der Waals surface area contributed by atoms with E-state index in [1.54, 1.807) is 0 Å². The van der Waals surface area contributed by atoms with Gasteiger partial charge in [-0.3, -0.25) is 4.79 Å². The first-order chi connectivity index (χ1) is 15.0. The maximum atomic E-state index is 12.4. The van der Waals surface area contributed by atoms with Gasteiger partial charge in [0.2, 0.25) is 5.91 Å². The predicted molar refractivity (Wildman–Crippen MR) is 125 cm³/mol. The number of amides is 1. The molecule has 1 heterocycles. The van der Waals surface area contributed by atoms with Gasteiger partial charge in [0.15, 0.2) is 5.96 Å². The van der Waals surface area contributed by atoms with Crippen molar-refractivity contribution in [1.82, 2.24) is 25.5 Å². The average molecular weight is 425 g/mol. The summed E-state index contributed by atoms with van der Waals surface area (Å²) >= 11 is 0. The van der Waals surface area contributed by atoms with Crippen molar-refractivity contribution in [2.75, 3.05) is 6.54 Å². The van der Waals surface area contributed by atoms with E-state index in [0.717, 1.165) is 50.6 Å². The van der Waals surface area contributed by atoms with Gasteiger partial charge in [-0.2, -0.15) is 0 Å². The van der Waals surface area contributed by atoms with E-state index in [1.165, 1.54) is 5.56 Å². The second-order valence-electron chi connectivity index (χ2n) is 8.52. The number of rotatable bonds is 8. The van der Waals surface area contributed by atoms with Gasteiger partial charge in [-0.15, -0.1) is 0 Å². The third kappa shape index (κ3) is 7.12. The van der Waals surface area contributed by atoms with Crippen LogP contribution >= 0.6 is 0 Å². The molecular formula is C24H36N6O. The summed E-state index contributed by atoms with van der Waals surface area (Å²) < 4.78 is 2.13. The van der Waals surface area contributed by atoms with Gasteiger partial charge >= 0.3 is 0 Å². The molecule has 1 fully saturated rings. The number of carbonyl (C=O) groups excluding carboxylic acids is 1. The first-order valence-electron chi connectivity index (χ1n) is 11.4. The van der Waals surface area contributed by atoms with Crippen LogP contribution in [-0.4, -0.2) is 40.0 Å². The lowest BCUT2D eigenvalue weighted by Crippen LogP contribution is -2.47. The minimum absolute atomic E-state index is 0.0706. The molecule has 0 spiro atoms. The quantitative estimate of drug-likeness (QED) is 0.449. The number of imidazole rings is 1. The van der Waals surface area contributed by atoms with E-state index in [-0.39, 0.29) is 23.9 Å². The molecule has 2 atom stereocenters. The van der Waals surface area contributed by atoms with E-state index in [1.807, 2.05) is 32.3 Å². The Morgan fingerprint density at radius 3 is 2.81 bits per heavy atom. The zero-order valence-corrected chi connectivity index (χ0v) is 19.0. The van der Waals surface area contributed by atoms with Crippen molar-refractivity contribution >= 4 is 11.9 Å². The summed E-state index contributed by atoms with van der Waals surface area (Å²) in [6.45, 7) is 8.15. The van der Waals surface area contributed by atoms with E-state index in [2.05, 4.69) is 56.7 Å². The molecule has 0 saturated heterocycles. The monoisotopic (exact) mass is 424 g/mol. The third-order valence-corrected chi connectivity index (χ3v) is 5.54. The second kappa shape index (κ2) is 11.5. The van der Waals surface area contributed by atoms with Crippen LogP contribution in [0.3, 0.4) is 0 Å². The molecule has 0 radical (unpaired) electrons. The van der Waals surface area contributed by atoms with Crippen LogP contribution in [0.2, 0.25) is 0 Å². The lowest BCUT2D eigenvalue weighted by molar-refractivity contribution is -0.126. The number of nitrogens with zero attached hydrogens (tertiary/aromatic N) is 3. The van der Waals surface area contributed by atoms with Crippen LogP contribution in [0.25, 0.3) is 0 Å². The number of benzene rings is 1. The van der Waals surface area contributed by atoms with Crippen LogP contribution in [0.15, 0.2) is 47.7 Å². The highest BCUT2D eigenvalue weighted by molar-refractivity contribution is 5.81. The number of guanidine groups is 1. The van der Waals surface area contributed by atoms with Crippen molar-refractivity contribution < 1.29 is 4.79 Å². The van der Waals surface area contributed by atoms with Crippen LogP contribution in [-0.2, 0) is 17.9 Å². The Hall–Kier alpha value is -2.83. The van der Waals surface area contributed by atoms with Gasteiger partial charge in [-0.25, -0.2) is 9.98 Å². The fourth-order valence-electron chi connectivity index (χ4n) is 4.04. The predicted octanol–water partition coefficient (Wildman–Crippen LogP) is 3.07. The van der Waals surface area contributed by atoms with Crippen LogP contribution < -0.4 is 16.0 Å². The van der Waals surface area contributed by atoms with E-state index in [0.29, 0.717) is 6.54 Å². The zero-order chi connectivity index (χ0) is 22.1. The molecule has 0 aliphatic heterocycles. The molecule has 1 aromatic heterocycles. The Kier molecular flexibility index (Phi) is 8.50. The summed E-state index contributed by atoms with van der Waals surface area (Å²) in [5.41, 5.74) is 1.24. The molecule has 3 N–H and O–H groups in total. The van der Waals surface area contributed by atoms with E-state index < -0.39 is 0 Å². The Labute approximate surface area is 185 Å². The zero-order valence-electron chi connectivity index (χ0n) is 19.0. The molecule has 2 unspecified atom stereocenters. The molecule has 1 aromatic carbocycles. The molecule has 2 aromatic rings. The number of carbonyl (C=O) groups is 1. The Morgan fingerprint density at radius 1 is 1.26 bits per heavy atom. The highest BCUT2D eigenvalue weighted by Gasteiger charge is 2.28. The highest BCUT2D eigenvalue weighted by Crippen LogP contribution is 2.24. The number of hydrogen-bond acceptors (Lipinski definition) is 3. The molecule has 1 amide bonds. The standard InChI is InChI=1S/C24H36N6O/c1-4-25-24(29-21-12-8-11-20(15-21)23(31)28-18(2)3)27-16-22-26-13-14-30(22)17-19-9-6-5-7-10-19/h5-7,9-10,13-14,18,20-21H,4,8,11-12,15-17H2,1-3H3,(H,28,31)(H2,25,27,29). The van der Waals surface area contributed by atoms with Gasteiger partial charge in [0, 0.05) is 43.5 Å². The summed E-state index contributed by atoms with van der Waals surface area (Å²) in [7, 11) is 0. The molecule has 7 heteroatoms. The molecule has 3 rings (SSSR count). The van der Waals surface area contributed by atoms with Crippen molar-refractivity contribution in [3.8, 4) is 0 Å². The first kappa shape index (κ1) is 22.8. The average Bonchev–Trinajstić information content (AvgIpc) is 3.19. The maximum Gasteiger partial charge on any atom is 0.223 e. The molecule has 0 bridgehead atoms. The molecule has 1 aliphatic carbocycles. The minimum Gasteiger partial charge on any atom is -0.357 e. The van der Waals surface area contributed by atoms with Crippen molar-refractivity contribution in [2.45, 2.75) is 71.6 Å². The fourth-order valence-corrected chi connectivity index (χ4v) is 4.04. The lowest BCUT2D eigenvalue weighted by Gasteiger charge is -2.30. The Balaban J connectivity index is 1.61. The van der Waals surface area contributed by atoms with E-state index in [4.69, 9.17) is 4.99 Å². The molecule has 31 heavy (non-hydrogen) atoms. The van der Waals surface area contributed by atoms with Gasteiger partial charge in [0.25, 0.3) is 0 Å². The summed E-state index contributed by atoms with van der Waals surface area (Å²) in [4.78, 5) is 21.7. The molecule has 7 nitrogen and oxygen atoms in total. The van der Waals surface area contributed by atoms with Crippen LogP contribution in [0.5, 0.6) is 0 Å². The number of nitrogens with one attached hydrogen (secondary N) is 3. The summed E-state index contributed by atoms with van der Waals surface area (Å²) in [5.74, 6) is 1.96. The molecule has 1 aliphatic rings. The SMILES string of the molecule is CCNC(=NCc1nccn1Cc1ccccc1)NC1CCCC(C(=O)NC(C)C)C1. The van der Waals surface area contributed by atoms with Gasteiger partial charge in [-0.1, -0.05) is 36.8 Å². The summed E-state index contributed by atoms with van der Waals surface area (Å²) in [6.07, 6.45) is 7.73.